The zero-order chi connectivity index (χ0) is 10.8. The Bertz CT molecular complexity index is 469. The van der Waals surface area contributed by atoms with Gasteiger partial charge in [0.25, 0.3) is 0 Å². The van der Waals surface area contributed by atoms with Crippen molar-refractivity contribution in [3.05, 3.63) is 40.6 Å². The van der Waals surface area contributed by atoms with Gasteiger partial charge in [0.1, 0.15) is 5.69 Å². The molecule has 1 heterocycles. The van der Waals surface area contributed by atoms with E-state index in [1.807, 2.05) is 5.38 Å². The normalized spacial score (nSPS) is 10.3. The van der Waals surface area contributed by atoms with Crippen molar-refractivity contribution in [1.29, 1.82) is 0 Å². The Balaban J connectivity index is 2.39. The SMILES string of the molecule is Nc1ccc(F)c(F)c1Nc1ccsc1. The van der Waals surface area contributed by atoms with E-state index in [1.54, 1.807) is 11.4 Å². The maximum absolute atomic E-state index is 13.3. The lowest BCUT2D eigenvalue weighted by Crippen LogP contribution is -2.00. The molecule has 0 bridgehead atoms. The summed E-state index contributed by atoms with van der Waals surface area (Å²) in [6.07, 6.45) is 0. The molecule has 0 unspecified atom stereocenters. The lowest BCUT2D eigenvalue weighted by molar-refractivity contribution is 0.512. The van der Waals surface area contributed by atoms with Crippen molar-refractivity contribution in [2.75, 3.05) is 11.1 Å². The third kappa shape index (κ3) is 1.92. The van der Waals surface area contributed by atoms with E-state index in [9.17, 15) is 8.78 Å². The van der Waals surface area contributed by atoms with Gasteiger partial charge in [0.2, 0.25) is 0 Å². The largest absolute Gasteiger partial charge is 0.397 e. The molecular formula is C10H8F2N2S. The molecule has 0 saturated heterocycles. The zero-order valence-corrected chi connectivity index (χ0v) is 8.44. The summed E-state index contributed by atoms with van der Waals surface area (Å²) in [7, 11) is 0. The molecule has 0 spiro atoms. The van der Waals surface area contributed by atoms with Crippen LogP contribution in [-0.2, 0) is 0 Å². The van der Waals surface area contributed by atoms with Crippen molar-refractivity contribution >= 4 is 28.4 Å². The number of nitrogens with one attached hydrogen (secondary N) is 1. The minimum Gasteiger partial charge on any atom is -0.397 e. The smallest absolute Gasteiger partial charge is 0.184 e. The molecule has 2 rings (SSSR count). The van der Waals surface area contributed by atoms with Gasteiger partial charge < -0.3 is 11.1 Å². The first-order chi connectivity index (χ1) is 7.18. The molecule has 0 aliphatic carbocycles. The number of thiophene rings is 1. The van der Waals surface area contributed by atoms with Crippen LogP contribution in [0.1, 0.15) is 0 Å². The Morgan fingerprint density at radius 1 is 1.20 bits per heavy atom. The highest BCUT2D eigenvalue weighted by molar-refractivity contribution is 7.08. The molecule has 1 aromatic heterocycles. The summed E-state index contributed by atoms with van der Waals surface area (Å²) < 4.78 is 26.3. The summed E-state index contributed by atoms with van der Waals surface area (Å²) in [6.45, 7) is 0. The Hall–Kier alpha value is -1.62. The summed E-state index contributed by atoms with van der Waals surface area (Å²) in [4.78, 5) is 0. The fraction of sp³-hybridized carbons (Fsp3) is 0. The van der Waals surface area contributed by atoms with Crippen LogP contribution >= 0.6 is 11.3 Å². The maximum atomic E-state index is 13.3. The van der Waals surface area contributed by atoms with Crippen molar-refractivity contribution in [3.63, 3.8) is 0 Å². The summed E-state index contributed by atoms with van der Waals surface area (Å²) in [5, 5.41) is 6.34. The number of hydrogen-bond acceptors (Lipinski definition) is 3. The first kappa shape index (κ1) is 9.92. The Morgan fingerprint density at radius 2 is 2.00 bits per heavy atom. The second-order valence-corrected chi connectivity index (χ2v) is 3.74. The van der Waals surface area contributed by atoms with Gasteiger partial charge in [-0.2, -0.15) is 11.3 Å². The first-order valence-electron chi connectivity index (χ1n) is 4.21. The minimum absolute atomic E-state index is 0.0200. The Morgan fingerprint density at radius 3 is 2.67 bits per heavy atom. The Kier molecular flexibility index (Phi) is 2.55. The third-order valence-electron chi connectivity index (χ3n) is 1.92. The van der Waals surface area contributed by atoms with Crippen molar-refractivity contribution in [2.24, 2.45) is 0 Å². The molecule has 0 aliphatic heterocycles. The highest BCUT2D eigenvalue weighted by atomic mass is 32.1. The molecule has 0 fully saturated rings. The number of nitrogens with two attached hydrogens (primary N) is 1. The number of nitrogen functional groups attached to an aromatic ring is 1. The van der Waals surface area contributed by atoms with Crippen LogP contribution in [0.4, 0.5) is 25.8 Å². The van der Waals surface area contributed by atoms with Gasteiger partial charge >= 0.3 is 0 Å². The molecule has 2 aromatic rings. The predicted octanol–water partition coefficient (Wildman–Crippen LogP) is 3.35. The highest BCUT2D eigenvalue weighted by Crippen LogP contribution is 2.28. The molecular weight excluding hydrogens is 218 g/mol. The van der Waals surface area contributed by atoms with E-state index in [0.717, 1.165) is 6.07 Å². The van der Waals surface area contributed by atoms with E-state index in [2.05, 4.69) is 5.32 Å². The molecule has 0 atom stereocenters. The molecule has 0 radical (unpaired) electrons. The van der Waals surface area contributed by atoms with E-state index < -0.39 is 11.6 Å². The van der Waals surface area contributed by atoms with E-state index in [-0.39, 0.29) is 11.4 Å². The number of anilines is 3. The zero-order valence-electron chi connectivity index (χ0n) is 7.63. The molecule has 5 heteroatoms. The molecule has 2 nitrogen and oxygen atoms in total. The molecule has 78 valence electrons. The lowest BCUT2D eigenvalue weighted by atomic mass is 10.2. The minimum atomic E-state index is -0.957. The van der Waals surface area contributed by atoms with Crippen LogP contribution in [-0.4, -0.2) is 0 Å². The monoisotopic (exact) mass is 226 g/mol. The standard InChI is InChI=1S/C10H8F2N2S/c11-7-1-2-8(13)10(9(7)12)14-6-3-4-15-5-6/h1-5,14H,13H2. The van der Waals surface area contributed by atoms with E-state index in [1.165, 1.54) is 17.4 Å². The van der Waals surface area contributed by atoms with Crippen molar-refractivity contribution < 1.29 is 8.78 Å². The number of hydrogen-bond donors (Lipinski definition) is 2. The van der Waals surface area contributed by atoms with Gasteiger partial charge in [-0.25, -0.2) is 8.78 Å². The Labute approximate surface area is 89.3 Å². The van der Waals surface area contributed by atoms with Gasteiger partial charge in [-0.15, -0.1) is 0 Å². The molecule has 3 N–H and O–H groups in total. The van der Waals surface area contributed by atoms with Gasteiger partial charge in [0.15, 0.2) is 11.6 Å². The van der Waals surface area contributed by atoms with E-state index >= 15 is 0 Å². The summed E-state index contributed by atoms with van der Waals surface area (Å²) >= 11 is 1.46. The van der Waals surface area contributed by atoms with Crippen LogP contribution in [0, 0.1) is 11.6 Å². The molecule has 0 saturated carbocycles. The summed E-state index contributed by atoms with van der Waals surface area (Å²) in [5.74, 6) is -1.87. The van der Waals surface area contributed by atoms with Crippen LogP contribution in [0.2, 0.25) is 0 Å². The van der Waals surface area contributed by atoms with Gasteiger partial charge in [-0.1, -0.05) is 0 Å². The van der Waals surface area contributed by atoms with Crippen LogP contribution < -0.4 is 11.1 Å². The number of rotatable bonds is 2. The number of halogens is 2. The van der Waals surface area contributed by atoms with Crippen LogP contribution in [0.5, 0.6) is 0 Å². The molecule has 15 heavy (non-hydrogen) atoms. The van der Waals surface area contributed by atoms with Gasteiger partial charge in [0, 0.05) is 11.1 Å². The summed E-state index contributed by atoms with van der Waals surface area (Å²) in [5.41, 5.74) is 6.39. The average Bonchev–Trinajstić information content (AvgIpc) is 2.71. The van der Waals surface area contributed by atoms with E-state index in [4.69, 9.17) is 5.73 Å². The lowest BCUT2D eigenvalue weighted by Gasteiger charge is -2.08. The van der Waals surface area contributed by atoms with Crippen LogP contribution in [0.25, 0.3) is 0 Å². The van der Waals surface area contributed by atoms with Crippen molar-refractivity contribution in [2.45, 2.75) is 0 Å². The van der Waals surface area contributed by atoms with Crippen LogP contribution in [0.15, 0.2) is 29.0 Å². The average molecular weight is 226 g/mol. The predicted molar refractivity (Wildman–Crippen MR) is 58.4 cm³/mol. The molecule has 0 aliphatic rings. The first-order valence-corrected chi connectivity index (χ1v) is 5.15. The second-order valence-electron chi connectivity index (χ2n) is 2.96. The molecule has 0 amide bonds. The highest BCUT2D eigenvalue weighted by Gasteiger charge is 2.11. The second kappa shape index (κ2) is 3.86. The van der Waals surface area contributed by atoms with Crippen molar-refractivity contribution in [1.82, 2.24) is 0 Å². The van der Waals surface area contributed by atoms with Crippen LogP contribution in [0.3, 0.4) is 0 Å². The topological polar surface area (TPSA) is 38.0 Å². The van der Waals surface area contributed by atoms with E-state index in [0.29, 0.717) is 5.69 Å². The number of benzene rings is 1. The fourth-order valence-corrected chi connectivity index (χ4v) is 1.76. The maximum Gasteiger partial charge on any atom is 0.184 e. The van der Waals surface area contributed by atoms with Gasteiger partial charge in [-0.05, 0) is 23.6 Å². The summed E-state index contributed by atoms with van der Waals surface area (Å²) in [6, 6.07) is 4.09. The quantitative estimate of drug-likeness (QED) is 0.770. The molecule has 1 aromatic carbocycles. The van der Waals surface area contributed by atoms with Gasteiger partial charge in [0.05, 0.1) is 5.69 Å². The fourth-order valence-electron chi connectivity index (χ4n) is 1.17. The third-order valence-corrected chi connectivity index (χ3v) is 2.60. The van der Waals surface area contributed by atoms with Crippen molar-refractivity contribution in [3.8, 4) is 0 Å². The van der Waals surface area contributed by atoms with Gasteiger partial charge in [-0.3, -0.25) is 0 Å².